The number of esters is 1. The van der Waals surface area contributed by atoms with E-state index in [2.05, 4.69) is 10.1 Å². The van der Waals surface area contributed by atoms with E-state index in [1.54, 1.807) is 12.1 Å². The fraction of sp³-hybridized carbons (Fsp3) is 0.0952. The van der Waals surface area contributed by atoms with Gasteiger partial charge in [-0.1, -0.05) is 41.6 Å². The van der Waals surface area contributed by atoms with Crippen LogP contribution in [-0.2, 0) is 18.0 Å². The van der Waals surface area contributed by atoms with E-state index in [9.17, 15) is 4.79 Å². The highest BCUT2D eigenvalue weighted by Gasteiger charge is 2.15. The van der Waals surface area contributed by atoms with E-state index in [0.29, 0.717) is 17.3 Å². The summed E-state index contributed by atoms with van der Waals surface area (Å²) >= 11 is 1.54. The SMILES string of the molecule is O=C(OCc1noc(-c2ccsc2)n1)c1ccccc1COc1ccccc1. The van der Waals surface area contributed by atoms with Gasteiger partial charge in [0.1, 0.15) is 12.4 Å². The molecule has 0 unspecified atom stereocenters. The lowest BCUT2D eigenvalue weighted by Crippen LogP contribution is -2.10. The molecule has 0 bridgehead atoms. The summed E-state index contributed by atoms with van der Waals surface area (Å²) in [5.41, 5.74) is 2.03. The number of nitrogens with zero attached hydrogens (tertiary/aromatic N) is 2. The lowest BCUT2D eigenvalue weighted by molar-refractivity contribution is 0.0456. The molecule has 0 fully saturated rings. The molecule has 0 atom stereocenters. The molecule has 140 valence electrons. The molecule has 0 spiro atoms. The first-order chi connectivity index (χ1) is 13.8. The van der Waals surface area contributed by atoms with Gasteiger partial charge in [-0.2, -0.15) is 16.3 Å². The maximum absolute atomic E-state index is 12.5. The molecular formula is C21H16N2O4S. The van der Waals surface area contributed by atoms with Gasteiger partial charge >= 0.3 is 5.97 Å². The van der Waals surface area contributed by atoms with Crippen molar-refractivity contribution in [2.45, 2.75) is 13.2 Å². The largest absolute Gasteiger partial charge is 0.489 e. The van der Waals surface area contributed by atoms with Crippen LogP contribution in [0.15, 0.2) is 75.9 Å². The molecule has 4 rings (SSSR count). The molecule has 0 radical (unpaired) electrons. The molecule has 2 heterocycles. The van der Waals surface area contributed by atoms with Crippen LogP contribution in [0.5, 0.6) is 5.75 Å². The average Bonchev–Trinajstić information content (AvgIpc) is 3.43. The van der Waals surface area contributed by atoms with Gasteiger partial charge in [0, 0.05) is 10.9 Å². The number of hydrogen-bond donors (Lipinski definition) is 0. The van der Waals surface area contributed by atoms with E-state index in [1.165, 1.54) is 11.3 Å². The molecule has 0 aliphatic heterocycles. The maximum atomic E-state index is 12.5. The van der Waals surface area contributed by atoms with E-state index in [-0.39, 0.29) is 13.2 Å². The molecule has 0 saturated heterocycles. The van der Waals surface area contributed by atoms with E-state index in [4.69, 9.17) is 14.0 Å². The summed E-state index contributed by atoms with van der Waals surface area (Å²) in [6.07, 6.45) is 0. The minimum Gasteiger partial charge on any atom is -0.489 e. The van der Waals surface area contributed by atoms with Crippen LogP contribution >= 0.6 is 11.3 Å². The topological polar surface area (TPSA) is 74.5 Å². The van der Waals surface area contributed by atoms with Crippen LogP contribution in [0.4, 0.5) is 0 Å². The number of para-hydroxylation sites is 1. The maximum Gasteiger partial charge on any atom is 0.338 e. The lowest BCUT2D eigenvalue weighted by Gasteiger charge is -2.10. The van der Waals surface area contributed by atoms with Gasteiger partial charge in [-0.15, -0.1) is 0 Å². The predicted octanol–water partition coefficient (Wildman–Crippen LogP) is 4.73. The number of carbonyl (C=O) groups excluding carboxylic acids is 1. The molecule has 2 aromatic carbocycles. The monoisotopic (exact) mass is 392 g/mol. The minimum absolute atomic E-state index is 0.0691. The number of thiophene rings is 1. The second-order valence-corrected chi connectivity index (χ2v) is 6.64. The molecule has 2 aromatic heterocycles. The Morgan fingerprint density at radius 2 is 1.82 bits per heavy atom. The first kappa shape index (κ1) is 17.9. The Bertz CT molecular complexity index is 1050. The van der Waals surface area contributed by atoms with Gasteiger partial charge in [-0.25, -0.2) is 4.79 Å². The van der Waals surface area contributed by atoms with Gasteiger partial charge in [0.05, 0.1) is 11.1 Å². The third-order valence-electron chi connectivity index (χ3n) is 3.94. The van der Waals surface area contributed by atoms with E-state index >= 15 is 0 Å². The van der Waals surface area contributed by atoms with Crippen LogP contribution in [0, 0.1) is 0 Å². The van der Waals surface area contributed by atoms with Gasteiger partial charge in [0.2, 0.25) is 5.82 Å². The van der Waals surface area contributed by atoms with Crippen molar-refractivity contribution in [3.8, 4) is 17.2 Å². The summed E-state index contributed by atoms with van der Waals surface area (Å²) in [6.45, 7) is 0.195. The highest BCUT2D eigenvalue weighted by Crippen LogP contribution is 2.20. The lowest BCUT2D eigenvalue weighted by atomic mass is 10.1. The zero-order valence-electron chi connectivity index (χ0n) is 14.8. The van der Waals surface area contributed by atoms with Crippen molar-refractivity contribution in [2.24, 2.45) is 0 Å². The standard InChI is InChI=1S/C21H16N2O4S/c24-21(26-13-19-22-20(27-23-19)16-10-11-28-14-16)18-9-5-4-6-15(18)12-25-17-7-2-1-3-8-17/h1-11,14H,12-13H2. The number of ether oxygens (including phenoxy) is 2. The van der Waals surface area contributed by atoms with E-state index in [1.807, 2.05) is 59.3 Å². The normalized spacial score (nSPS) is 10.6. The highest BCUT2D eigenvalue weighted by atomic mass is 32.1. The van der Waals surface area contributed by atoms with Crippen LogP contribution in [0.3, 0.4) is 0 Å². The Morgan fingerprint density at radius 3 is 2.64 bits per heavy atom. The summed E-state index contributed by atoms with van der Waals surface area (Å²) in [5.74, 6) is 0.990. The summed E-state index contributed by atoms with van der Waals surface area (Å²) in [7, 11) is 0. The summed E-state index contributed by atoms with van der Waals surface area (Å²) < 4.78 is 16.3. The molecule has 4 aromatic rings. The second-order valence-electron chi connectivity index (χ2n) is 5.86. The second kappa shape index (κ2) is 8.49. The van der Waals surface area contributed by atoms with Crippen LogP contribution < -0.4 is 4.74 Å². The highest BCUT2D eigenvalue weighted by molar-refractivity contribution is 7.08. The van der Waals surface area contributed by atoms with Gasteiger partial charge in [0.15, 0.2) is 6.61 Å². The van der Waals surface area contributed by atoms with Crippen LogP contribution in [-0.4, -0.2) is 16.1 Å². The number of rotatable bonds is 7. The number of hydrogen-bond acceptors (Lipinski definition) is 7. The zero-order chi connectivity index (χ0) is 19.2. The molecular weight excluding hydrogens is 376 g/mol. The zero-order valence-corrected chi connectivity index (χ0v) is 15.6. The fourth-order valence-corrected chi connectivity index (χ4v) is 3.18. The van der Waals surface area contributed by atoms with Crippen molar-refractivity contribution in [1.29, 1.82) is 0 Å². The van der Waals surface area contributed by atoms with Crippen molar-refractivity contribution in [2.75, 3.05) is 0 Å². The van der Waals surface area contributed by atoms with E-state index in [0.717, 1.165) is 16.9 Å². The third kappa shape index (κ3) is 4.27. The van der Waals surface area contributed by atoms with E-state index < -0.39 is 5.97 Å². The quantitative estimate of drug-likeness (QED) is 0.423. The van der Waals surface area contributed by atoms with Crippen molar-refractivity contribution in [1.82, 2.24) is 10.1 Å². The summed E-state index contributed by atoms with van der Waals surface area (Å²) in [6, 6.07) is 18.5. The molecule has 7 heteroatoms. The third-order valence-corrected chi connectivity index (χ3v) is 4.63. The Labute approximate surface area is 165 Å². The van der Waals surface area contributed by atoms with Gasteiger partial charge in [-0.05, 0) is 29.6 Å². The van der Waals surface area contributed by atoms with Crippen molar-refractivity contribution >= 4 is 17.3 Å². The molecule has 0 amide bonds. The van der Waals surface area contributed by atoms with Crippen molar-refractivity contribution in [3.05, 3.63) is 88.4 Å². The molecule has 0 aliphatic carbocycles. The molecule has 6 nitrogen and oxygen atoms in total. The Hall–Kier alpha value is -3.45. The van der Waals surface area contributed by atoms with Gasteiger partial charge in [-0.3, -0.25) is 0 Å². The fourth-order valence-electron chi connectivity index (χ4n) is 2.55. The first-order valence-corrected chi connectivity index (χ1v) is 9.52. The first-order valence-electron chi connectivity index (χ1n) is 8.57. The molecule has 28 heavy (non-hydrogen) atoms. The van der Waals surface area contributed by atoms with Crippen molar-refractivity contribution in [3.63, 3.8) is 0 Å². The minimum atomic E-state index is -0.464. The van der Waals surface area contributed by atoms with Crippen LogP contribution in [0.1, 0.15) is 21.7 Å². The average molecular weight is 392 g/mol. The molecule has 0 saturated carbocycles. The smallest absolute Gasteiger partial charge is 0.338 e. The Kier molecular flexibility index (Phi) is 5.44. The number of benzene rings is 2. The van der Waals surface area contributed by atoms with Gasteiger partial charge in [0.25, 0.3) is 5.89 Å². The molecule has 0 N–H and O–H groups in total. The summed E-state index contributed by atoms with van der Waals surface area (Å²) in [5, 5.41) is 7.69. The van der Waals surface area contributed by atoms with Gasteiger partial charge < -0.3 is 14.0 Å². The Morgan fingerprint density at radius 1 is 1.00 bits per heavy atom. The molecule has 0 aliphatic rings. The summed E-state index contributed by atoms with van der Waals surface area (Å²) in [4.78, 5) is 16.8. The van der Waals surface area contributed by atoms with Crippen LogP contribution in [0.2, 0.25) is 0 Å². The van der Waals surface area contributed by atoms with Crippen LogP contribution in [0.25, 0.3) is 11.5 Å². The predicted molar refractivity (Wildman–Crippen MR) is 104 cm³/mol. The number of carbonyl (C=O) groups is 1. The van der Waals surface area contributed by atoms with Crippen molar-refractivity contribution < 1.29 is 18.8 Å². The Balaban J connectivity index is 1.39. The number of aromatic nitrogens is 2.